The van der Waals surface area contributed by atoms with Gasteiger partial charge in [-0.25, -0.2) is 9.67 Å². The first-order valence-corrected chi connectivity index (χ1v) is 6.13. The molecule has 0 aliphatic carbocycles. The molecule has 0 bridgehead atoms. The van der Waals surface area contributed by atoms with Gasteiger partial charge in [0.2, 0.25) is 0 Å². The van der Waals surface area contributed by atoms with Gasteiger partial charge in [-0.2, -0.15) is 5.10 Å². The molecule has 84 valence electrons. The molecule has 1 aromatic heterocycles. The number of hydrogen-bond acceptors (Lipinski definition) is 3. The van der Waals surface area contributed by atoms with Crippen LogP contribution in [0.15, 0.2) is 30.6 Å². The monoisotopic (exact) mass is 328 g/mol. The van der Waals surface area contributed by atoms with Gasteiger partial charge in [0.1, 0.15) is 12.2 Å². The topological polar surface area (TPSA) is 42.7 Å². The quantitative estimate of drug-likeness (QED) is 0.868. The van der Waals surface area contributed by atoms with E-state index in [2.05, 4.69) is 62.3 Å². The van der Waals surface area contributed by atoms with Gasteiger partial charge < -0.3 is 5.32 Å². The second kappa shape index (κ2) is 5.40. The normalized spacial score (nSPS) is 10.6. The average Bonchev–Trinajstić information content (AvgIpc) is 2.70. The van der Waals surface area contributed by atoms with Crippen molar-refractivity contribution in [1.82, 2.24) is 20.1 Å². The van der Waals surface area contributed by atoms with Gasteiger partial charge in [-0.1, -0.05) is 12.1 Å². The number of hydrogen-bond donors (Lipinski definition) is 1. The zero-order valence-corrected chi connectivity index (χ0v) is 11.2. The van der Waals surface area contributed by atoms with Crippen LogP contribution < -0.4 is 5.32 Å². The van der Waals surface area contributed by atoms with E-state index < -0.39 is 0 Å². The zero-order valence-electron chi connectivity index (χ0n) is 9.02. The molecule has 0 atom stereocenters. The van der Waals surface area contributed by atoms with Crippen LogP contribution in [-0.2, 0) is 13.1 Å². The Morgan fingerprint density at radius 1 is 1.31 bits per heavy atom. The molecule has 2 aromatic rings. The predicted octanol–water partition coefficient (Wildman–Crippen LogP) is 1.65. The van der Waals surface area contributed by atoms with Crippen LogP contribution in [0.4, 0.5) is 0 Å². The van der Waals surface area contributed by atoms with E-state index in [0.717, 1.165) is 18.9 Å². The molecule has 0 radical (unpaired) electrons. The fourth-order valence-corrected chi connectivity index (χ4v) is 1.84. The molecule has 0 unspecified atom stereocenters. The van der Waals surface area contributed by atoms with Crippen molar-refractivity contribution in [2.24, 2.45) is 0 Å². The molecule has 16 heavy (non-hydrogen) atoms. The van der Waals surface area contributed by atoms with Crippen LogP contribution in [0.2, 0.25) is 0 Å². The molecule has 5 heteroatoms. The first-order valence-electron chi connectivity index (χ1n) is 5.05. The number of nitrogens with zero attached hydrogens (tertiary/aromatic N) is 3. The lowest BCUT2D eigenvalue weighted by molar-refractivity contribution is 0.613. The zero-order chi connectivity index (χ0) is 11.4. The van der Waals surface area contributed by atoms with Crippen LogP contribution in [0.5, 0.6) is 0 Å². The summed E-state index contributed by atoms with van der Waals surface area (Å²) in [7, 11) is 1.91. The molecule has 0 saturated carbocycles. The maximum Gasteiger partial charge on any atom is 0.141 e. The molecule has 2 rings (SSSR count). The highest BCUT2D eigenvalue weighted by Crippen LogP contribution is 2.08. The summed E-state index contributed by atoms with van der Waals surface area (Å²) in [5.41, 5.74) is 1.24. The highest BCUT2D eigenvalue weighted by molar-refractivity contribution is 14.1. The van der Waals surface area contributed by atoms with E-state index in [1.807, 2.05) is 11.7 Å². The minimum atomic E-state index is 0.740. The van der Waals surface area contributed by atoms with Gasteiger partial charge in [0.25, 0.3) is 0 Å². The van der Waals surface area contributed by atoms with Crippen LogP contribution in [0.1, 0.15) is 11.4 Å². The van der Waals surface area contributed by atoms with E-state index in [-0.39, 0.29) is 0 Å². The lowest BCUT2D eigenvalue weighted by Crippen LogP contribution is -2.14. The van der Waals surface area contributed by atoms with E-state index in [0.29, 0.717) is 0 Å². The molecule has 0 saturated heterocycles. The summed E-state index contributed by atoms with van der Waals surface area (Å²) >= 11 is 2.30. The summed E-state index contributed by atoms with van der Waals surface area (Å²) in [4.78, 5) is 4.21. The molecule has 0 fully saturated rings. The molecule has 0 aliphatic rings. The van der Waals surface area contributed by atoms with E-state index in [1.54, 1.807) is 6.33 Å². The van der Waals surface area contributed by atoms with Crippen molar-refractivity contribution < 1.29 is 0 Å². The third kappa shape index (κ3) is 2.79. The molecule has 0 amide bonds. The van der Waals surface area contributed by atoms with Gasteiger partial charge in [0.15, 0.2) is 0 Å². The largest absolute Gasteiger partial charge is 0.313 e. The fraction of sp³-hybridized carbons (Fsp3) is 0.273. The Morgan fingerprint density at radius 2 is 2.06 bits per heavy atom. The van der Waals surface area contributed by atoms with Crippen molar-refractivity contribution >= 4 is 22.6 Å². The first-order chi connectivity index (χ1) is 7.79. The molecule has 0 spiro atoms. The van der Waals surface area contributed by atoms with Crippen molar-refractivity contribution in [2.75, 3.05) is 7.05 Å². The van der Waals surface area contributed by atoms with Crippen molar-refractivity contribution in [1.29, 1.82) is 0 Å². The Kier molecular flexibility index (Phi) is 3.89. The van der Waals surface area contributed by atoms with E-state index in [1.165, 1.54) is 9.13 Å². The second-order valence-corrected chi connectivity index (χ2v) is 4.74. The Bertz CT molecular complexity index is 449. The van der Waals surface area contributed by atoms with E-state index >= 15 is 0 Å². The van der Waals surface area contributed by atoms with E-state index in [9.17, 15) is 0 Å². The van der Waals surface area contributed by atoms with Crippen LogP contribution in [0, 0.1) is 3.57 Å². The summed E-state index contributed by atoms with van der Waals surface area (Å²) < 4.78 is 3.16. The highest BCUT2D eigenvalue weighted by Gasteiger charge is 2.03. The Morgan fingerprint density at radius 3 is 2.75 bits per heavy atom. The minimum Gasteiger partial charge on any atom is -0.313 e. The molecular weight excluding hydrogens is 315 g/mol. The maximum atomic E-state index is 4.22. The van der Waals surface area contributed by atoms with Crippen LogP contribution >= 0.6 is 22.6 Å². The molecule has 1 heterocycles. The SMILES string of the molecule is CNCc1ncnn1Cc1ccc(I)cc1. The van der Waals surface area contributed by atoms with Gasteiger partial charge >= 0.3 is 0 Å². The molecule has 1 N–H and O–H groups in total. The van der Waals surface area contributed by atoms with Crippen molar-refractivity contribution in [3.8, 4) is 0 Å². The molecule has 0 aliphatic heterocycles. The number of aromatic nitrogens is 3. The van der Waals surface area contributed by atoms with Crippen LogP contribution in [0.3, 0.4) is 0 Å². The van der Waals surface area contributed by atoms with Crippen molar-refractivity contribution in [3.05, 3.63) is 45.6 Å². The van der Waals surface area contributed by atoms with Crippen LogP contribution in [0.25, 0.3) is 0 Å². The van der Waals surface area contributed by atoms with Crippen molar-refractivity contribution in [3.63, 3.8) is 0 Å². The fourth-order valence-electron chi connectivity index (χ4n) is 1.48. The third-order valence-corrected chi connectivity index (χ3v) is 3.00. The van der Waals surface area contributed by atoms with Gasteiger partial charge in [0, 0.05) is 3.57 Å². The van der Waals surface area contributed by atoms with Gasteiger partial charge in [-0.3, -0.25) is 0 Å². The number of nitrogens with one attached hydrogen (secondary N) is 1. The number of halogens is 1. The first kappa shape index (κ1) is 11.5. The third-order valence-electron chi connectivity index (χ3n) is 2.28. The summed E-state index contributed by atoms with van der Waals surface area (Å²) in [6.07, 6.45) is 1.60. The summed E-state index contributed by atoms with van der Waals surface area (Å²) in [5.74, 6) is 0.959. The summed E-state index contributed by atoms with van der Waals surface area (Å²) in [6, 6.07) is 8.44. The van der Waals surface area contributed by atoms with Crippen molar-refractivity contribution in [2.45, 2.75) is 13.1 Å². The van der Waals surface area contributed by atoms with Gasteiger partial charge in [0.05, 0.1) is 13.1 Å². The summed E-state index contributed by atoms with van der Waals surface area (Å²) in [5, 5.41) is 7.30. The highest BCUT2D eigenvalue weighted by atomic mass is 127. The van der Waals surface area contributed by atoms with Gasteiger partial charge in [-0.05, 0) is 47.3 Å². The molecule has 1 aromatic carbocycles. The second-order valence-electron chi connectivity index (χ2n) is 3.49. The van der Waals surface area contributed by atoms with E-state index in [4.69, 9.17) is 0 Å². The lowest BCUT2D eigenvalue weighted by atomic mass is 10.2. The van der Waals surface area contributed by atoms with Gasteiger partial charge in [-0.15, -0.1) is 0 Å². The Hall–Kier alpha value is -0.950. The Labute approximate surface area is 108 Å². The molecular formula is C11H13IN4. The predicted molar refractivity (Wildman–Crippen MR) is 71.0 cm³/mol. The Balaban J connectivity index is 2.13. The standard InChI is InChI=1S/C11H13IN4/c1-13-6-11-14-8-15-16(11)7-9-2-4-10(12)5-3-9/h2-5,8,13H,6-7H2,1H3. The number of benzene rings is 1. The minimum absolute atomic E-state index is 0.740. The number of rotatable bonds is 4. The average molecular weight is 328 g/mol. The molecule has 4 nitrogen and oxygen atoms in total. The smallest absolute Gasteiger partial charge is 0.141 e. The summed E-state index contributed by atoms with van der Waals surface area (Å²) in [6.45, 7) is 1.51. The lowest BCUT2D eigenvalue weighted by Gasteiger charge is -2.05. The maximum absolute atomic E-state index is 4.22. The van der Waals surface area contributed by atoms with Crippen LogP contribution in [-0.4, -0.2) is 21.8 Å².